The van der Waals surface area contributed by atoms with E-state index in [1.165, 1.54) is 6.20 Å². The van der Waals surface area contributed by atoms with Gasteiger partial charge in [0.05, 0.1) is 23.5 Å². The van der Waals surface area contributed by atoms with Gasteiger partial charge in [-0.1, -0.05) is 0 Å². The molecule has 1 fully saturated rings. The van der Waals surface area contributed by atoms with Crippen LogP contribution >= 0.6 is 0 Å². The number of rotatable bonds is 2. The van der Waals surface area contributed by atoms with Crippen LogP contribution in [-0.2, 0) is 7.05 Å². The Morgan fingerprint density at radius 2 is 2.11 bits per heavy atom. The number of halogens is 3. The number of fused-ring (bicyclic) bond motifs is 1. The van der Waals surface area contributed by atoms with Gasteiger partial charge in [0.25, 0.3) is 5.91 Å². The van der Waals surface area contributed by atoms with Crippen LogP contribution in [-0.4, -0.2) is 49.1 Å². The summed E-state index contributed by atoms with van der Waals surface area (Å²) in [7, 11) is 1.73. The average Bonchev–Trinajstić information content (AvgIpc) is 3.25. The number of aryl methyl sites for hydroxylation is 1. The van der Waals surface area contributed by atoms with E-state index in [0.717, 1.165) is 17.5 Å². The highest BCUT2D eigenvalue weighted by Crippen LogP contribution is 2.41. The summed E-state index contributed by atoms with van der Waals surface area (Å²) in [6.45, 7) is 2.28. The third kappa shape index (κ3) is 3.35. The van der Waals surface area contributed by atoms with Crippen LogP contribution in [0.15, 0.2) is 18.5 Å². The first-order chi connectivity index (χ1) is 13.2. The summed E-state index contributed by atoms with van der Waals surface area (Å²) in [5.74, 6) is 0.188. The van der Waals surface area contributed by atoms with Gasteiger partial charge < -0.3 is 10.2 Å². The van der Waals surface area contributed by atoms with E-state index < -0.39 is 12.2 Å². The number of nitrogens with zero attached hydrogens (tertiary/aromatic N) is 5. The highest BCUT2D eigenvalue weighted by molar-refractivity contribution is 5.94. The molecule has 2 aromatic heterocycles. The van der Waals surface area contributed by atoms with Crippen LogP contribution in [0, 0.1) is 0 Å². The van der Waals surface area contributed by atoms with Gasteiger partial charge in [0.1, 0.15) is 5.82 Å². The van der Waals surface area contributed by atoms with Gasteiger partial charge in [0.2, 0.25) is 0 Å². The van der Waals surface area contributed by atoms with Crippen LogP contribution in [0.25, 0.3) is 0 Å². The van der Waals surface area contributed by atoms with E-state index in [2.05, 4.69) is 15.5 Å². The van der Waals surface area contributed by atoms with E-state index in [1.54, 1.807) is 35.8 Å². The zero-order valence-corrected chi connectivity index (χ0v) is 15.8. The van der Waals surface area contributed by atoms with Gasteiger partial charge in [-0.2, -0.15) is 23.4 Å². The standard InChI is InChI=1S/C18H23F3N6O/c1-11-7-15(18(19,20)21)27-16(23-11)8-13(24-27)14-5-3-4-6-26(14)17(28)12-9-22-25(2)10-12/h8-11,14-15,23H,3-7H2,1-2H3/t11-,14+,15-/m1/s1. The lowest BCUT2D eigenvalue weighted by molar-refractivity contribution is -0.173. The summed E-state index contributed by atoms with van der Waals surface area (Å²) in [5.41, 5.74) is 0.973. The first kappa shape index (κ1) is 18.8. The molecule has 0 aliphatic carbocycles. The van der Waals surface area contributed by atoms with Crippen LogP contribution < -0.4 is 5.32 Å². The molecule has 2 aliphatic rings. The van der Waals surface area contributed by atoms with Crippen molar-refractivity contribution in [3.63, 3.8) is 0 Å². The minimum absolute atomic E-state index is 0.0688. The molecule has 10 heteroatoms. The lowest BCUT2D eigenvalue weighted by Gasteiger charge is -2.34. The monoisotopic (exact) mass is 396 g/mol. The van der Waals surface area contributed by atoms with Gasteiger partial charge in [-0.3, -0.25) is 9.48 Å². The van der Waals surface area contributed by atoms with E-state index in [9.17, 15) is 18.0 Å². The Kier molecular flexibility index (Phi) is 4.59. The Morgan fingerprint density at radius 3 is 2.79 bits per heavy atom. The summed E-state index contributed by atoms with van der Waals surface area (Å²) in [4.78, 5) is 14.7. The molecule has 0 spiro atoms. The highest BCUT2D eigenvalue weighted by Gasteiger charge is 2.46. The molecule has 3 atom stereocenters. The molecule has 2 aliphatic heterocycles. The van der Waals surface area contributed by atoms with Crippen molar-refractivity contribution in [3.05, 3.63) is 29.7 Å². The largest absolute Gasteiger partial charge is 0.410 e. The zero-order valence-electron chi connectivity index (χ0n) is 15.8. The summed E-state index contributed by atoms with van der Waals surface area (Å²) in [5, 5.41) is 11.4. The number of alkyl halides is 3. The van der Waals surface area contributed by atoms with Crippen molar-refractivity contribution in [2.45, 2.75) is 56.9 Å². The summed E-state index contributed by atoms with van der Waals surface area (Å²) >= 11 is 0. The third-order valence-corrected chi connectivity index (χ3v) is 5.46. The first-order valence-corrected chi connectivity index (χ1v) is 9.46. The molecule has 4 heterocycles. The number of hydrogen-bond acceptors (Lipinski definition) is 4. The summed E-state index contributed by atoms with van der Waals surface area (Å²) < 4.78 is 43.1. The summed E-state index contributed by atoms with van der Waals surface area (Å²) in [6.07, 6.45) is 1.15. The molecule has 0 bridgehead atoms. The Hall–Kier alpha value is -2.52. The third-order valence-electron chi connectivity index (χ3n) is 5.46. The average molecular weight is 396 g/mol. The van der Waals surface area contributed by atoms with Crippen LogP contribution in [0.1, 0.15) is 60.7 Å². The predicted molar refractivity (Wildman–Crippen MR) is 95.9 cm³/mol. The zero-order chi connectivity index (χ0) is 20.1. The number of amides is 1. The Bertz CT molecular complexity index is 873. The molecule has 0 unspecified atom stereocenters. The van der Waals surface area contributed by atoms with Crippen molar-refractivity contribution in [2.24, 2.45) is 7.05 Å². The lowest BCUT2D eigenvalue weighted by Crippen LogP contribution is -2.39. The maximum absolute atomic E-state index is 13.5. The quantitative estimate of drug-likeness (QED) is 0.846. The minimum Gasteiger partial charge on any atom is -0.368 e. The number of likely N-dealkylation sites (tertiary alicyclic amines) is 1. The van der Waals surface area contributed by atoms with E-state index >= 15 is 0 Å². The number of piperidine rings is 1. The number of hydrogen-bond donors (Lipinski definition) is 1. The molecular weight excluding hydrogens is 373 g/mol. The molecule has 1 N–H and O–H groups in total. The fourth-order valence-electron chi connectivity index (χ4n) is 4.12. The molecule has 4 rings (SSSR count). The number of anilines is 1. The fraction of sp³-hybridized carbons (Fsp3) is 0.611. The van der Waals surface area contributed by atoms with Crippen molar-refractivity contribution in [3.8, 4) is 0 Å². The van der Waals surface area contributed by atoms with E-state index in [0.29, 0.717) is 30.0 Å². The molecule has 7 nitrogen and oxygen atoms in total. The molecule has 1 amide bonds. The van der Waals surface area contributed by atoms with Gasteiger partial charge >= 0.3 is 6.18 Å². The van der Waals surface area contributed by atoms with Gasteiger partial charge in [-0.25, -0.2) is 4.68 Å². The van der Waals surface area contributed by atoms with Crippen molar-refractivity contribution >= 4 is 11.7 Å². The smallest absolute Gasteiger partial charge is 0.368 e. The van der Waals surface area contributed by atoms with Crippen LogP contribution in [0.2, 0.25) is 0 Å². The molecule has 0 radical (unpaired) electrons. The van der Waals surface area contributed by atoms with Crippen LogP contribution in [0.5, 0.6) is 0 Å². The van der Waals surface area contributed by atoms with Gasteiger partial charge in [-0.15, -0.1) is 0 Å². The number of aromatic nitrogens is 4. The van der Waals surface area contributed by atoms with Crippen LogP contribution in [0.4, 0.5) is 19.0 Å². The van der Waals surface area contributed by atoms with E-state index in [1.807, 2.05) is 0 Å². The molecular formula is C18H23F3N6O. The normalized spacial score (nSPS) is 25.3. The Morgan fingerprint density at radius 1 is 1.32 bits per heavy atom. The number of carbonyl (C=O) groups is 1. The first-order valence-electron chi connectivity index (χ1n) is 9.46. The second-order valence-corrected chi connectivity index (χ2v) is 7.65. The van der Waals surface area contributed by atoms with E-state index in [-0.39, 0.29) is 24.4 Å². The van der Waals surface area contributed by atoms with Gasteiger partial charge in [0.15, 0.2) is 6.04 Å². The van der Waals surface area contributed by atoms with Gasteiger partial charge in [0, 0.05) is 31.9 Å². The number of carbonyl (C=O) groups excluding carboxylic acids is 1. The predicted octanol–water partition coefficient (Wildman–Crippen LogP) is 3.29. The highest BCUT2D eigenvalue weighted by atomic mass is 19.4. The maximum Gasteiger partial charge on any atom is 0.410 e. The molecule has 0 saturated carbocycles. The van der Waals surface area contributed by atoms with Crippen LogP contribution in [0.3, 0.4) is 0 Å². The molecule has 28 heavy (non-hydrogen) atoms. The SMILES string of the molecule is C[C@@H]1C[C@H](C(F)(F)F)n2nc([C@@H]3CCCCN3C(=O)c3cnn(C)c3)cc2N1. The fourth-order valence-corrected chi connectivity index (χ4v) is 4.12. The molecule has 1 saturated heterocycles. The van der Waals surface area contributed by atoms with Crippen molar-refractivity contribution in [2.75, 3.05) is 11.9 Å². The van der Waals surface area contributed by atoms with Crippen molar-refractivity contribution < 1.29 is 18.0 Å². The lowest BCUT2D eigenvalue weighted by atomic mass is 9.98. The molecule has 152 valence electrons. The summed E-state index contributed by atoms with van der Waals surface area (Å²) in [6, 6.07) is -0.638. The maximum atomic E-state index is 13.5. The Labute approximate surface area is 160 Å². The number of nitrogens with one attached hydrogen (secondary N) is 1. The minimum atomic E-state index is -4.37. The molecule has 0 aromatic carbocycles. The van der Waals surface area contributed by atoms with E-state index in [4.69, 9.17) is 0 Å². The van der Waals surface area contributed by atoms with Gasteiger partial charge in [-0.05, 0) is 32.6 Å². The molecule has 2 aromatic rings. The Balaban J connectivity index is 1.66. The second-order valence-electron chi connectivity index (χ2n) is 7.65. The van der Waals surface area contributed by atoms with Crippen molar-refractivity contribution in [1.29, 1.82) is 0 Å². The topological polar surface area (TPSA) is 68.0 Å². The van der Waals surface area contributed by atoms with Crippen molar-refractivity contribution in [1.82, 2.24) is 24.5 Å². The second kappa shape index (κ2) is 6.82.